The first-order valence-electron chi connectivity index (χ1n) is 15.5. The minimum Gasteiger partial charge on any atom is -0.228 e. The van der Waals surface area contributed by atoms with Gasteiger partial charge in [0.25, 0.3) is 0 Å². The molecule has 1 aliphatic rings. The van der Waals surface area contributed by atoms with Crippen LogP contribution in [0.15, 0.2) is 158 Å². The first-order chi connectivity index (χ1) is 22.1. The van der Waals surface area contributed by atoms with Gasteiger partial charge >= 0.3 is 0 Å². The maximum Gasteiger partial charge on any atom is 0.160 e. The Balaban J connectivity index is 1.17. The number of rotatable bonds is 5. The summed E-state index contributed by atoms with van der Waals surface area (Å²) in [5, 5.41) is 0. The largest absolute Gasteiger partial charge is 0.228 e. The molecule has 0 unspecified atom stereocenters. The predicted octanol–water partition coefficient (Wildman–Crippen LogP) is 11.1. The highest BCUT2D eigenvalue weighted by atomic mass is 14.9. The molecular formula is C43H32N2. The van der Waals surface area contributed by atoms with Crippen LogP contribution in [0, 0.1) is 0 Å². The standard InChI is InChI=1S/C43H32N2/c1-43(2)37-21-10-9-19-36(37)41-35(20-12-22-38(41)43)34-18-11-17-33(27-34)29-23-25-31(26-24-29)40-28-39(30-13-5-3-6-14-30)44-42(45-40)32-15-7-4-8-16-32/h3-28H,1-2H3. The Morgan fingerprint density at radius 3 is 1.62 bits per heavy atom. The summed E-state index contributed by atoms with van der Waals surface area (Å²) < 4.78 is 0. The number of hydrogen-bond acceptors (Lipinski definition) is 2. The lowest BCUT2D eigenvalue weighted by Gasteiger charge is -2.21. The SMILES string of the molecule is CC1(C)c2ccccc2-c2c(-c3cccc(-c4ccc(-c5cc(-c6ccccc6)nc(-c6ccccc6)n5)cc4)c3)cccc21. The molecule has 1 aromatic heterocycles. The average Bonchev–Trinajstić information content (AvgIpc) is 3.35. The molecule has 0 spiro atoms. The van der Waals surface area contributed by atoms with Crippen LogP contribution >= 0.6 is 0 Å². The van der Waals surface area contributed by atoms with Crippen molar-refractivity contribution in [1.82, 2.24) is 9.97 Å². The Morgan fingerprint density at radius 1 is 0.378 bits per heavy atom. The van der Waals surface area contributed by atoms with Gasteiger partial charge in [-0.2, -0.15) is 0 Å². The zero-order chi connectivity index (χ0) is 30.4. The van der Waals surface area contributed by atoms with E-state index < -0.39 is 0 Å². The monoisotopic (exact) mass is 576 g/mol. The van der Waals surface area contributed by atoms with Crippen LogP contribution < -0.4 is 0 Å². The molecule has 1 aliphatic carbocycles. The molecule has 0 N–H and O–H groups in total. The molecule has 0 bridgehead atoms. The lowest BCUT2D eigenvalue weighted by molar-refractivity contribution is 0.660. The van der Waals surface area contributed by atoms with E-state index >= 15 is 0 Å². The van der Waals surface area contributed by atoms with E-state index in [1.165, 1.54) is 44.5 Å². The second-order valence-corrected chi connectivity index (χ2v) is 12.3. The second kappa shape index (κ2) is 10.8. The van der Waals surface area contributed by atoms with Gasteiger partial charge in [0.2, 0.25) is 0 Å². The van der Waals surface area contributed by atoms with Crippen molar-refractivity contribution < 1.29 is 0 Å². The van der Waals surface area contributed by atoms with E-state index in [1.54, 1.807) is 0 Å². The molecule has 0 aliphatic heterocycles. The molecular weight excluding hydrogens is 544 g/mol. The van der Waals surface area contributed by atoms with Gasteiger partial charge in [-0.3, -0.25) is 0 Å². The minimum absolute atomic E-state index is 0.0167. The van der Waals surface area contributed by atoms with Crippen molar-refractivity contribution in [3.63, 3.8) is 0 Å². The van der Waals surface area contributed by atoms with Gasteiger partial charge in [-0.1, -0.05) is 159 Å². The summed E-state index contributed by atoms with van der Waals surface area (Å²) in [5.74, 6) is 0.726. The Bertz CT molecular complexity index is 2100. The molecule has 214 valence electrons. The summed E-state index contributed by atoms with van der Waals surface area (Å²) in [4.78, 5) is 9.95. The van der Waals surface area contributed by atoms with Gasteiger partial charge in [0, 0.05) is 22.1 Å². The van der Waals surface area contributed by atoms with Gasteiger partial charge in [-0.05, 0) is 56.6 Å². The number of fused-ring (bicyclic) bond motifs is 3. The van der Waals surface area contributed by atoms with Crippen LogP contribution in [0.3, 0.4) is 0 Å². The molecule has 2 heteroatoms. The number of nitrogens with zero attached hydrogens (tertiary/aromatic N) is 2. The van der Waals surface area contributed by atoms with Gasteiger partial charge in [0.05, 0.1) is 11.4 Å². The quantitative estimate of drug-likeness (QED) is 0.204. The molecule has 0 fully saturated rings. The summed E-state index contributed by atoms with van der Waals surface area (Å²) in [7, 11) is 0. The van der Waals surface area contributed by atoms with Crippen LogP contribution in [0.25, 0.3) is 67.3 Å². The van der Waals surface area contributed by atoms with E-state index in [1.807, 2.05) is 36.4 Å². The van der Waals surface area contributed by atoms with Crippen LogP contribution in [-0.2, 0) is 5.41 Å². The molecule has 45 heavy (non-hydrogen) atoms. The van der Waals surface area contributed by atoms with Crippen molar-refractivity contribution in [1.29, 1.82) is 0 Å². The molecule has 8 rings (SSSR count). The highest BCUT2D eigenvalue weighted by molar-refractivity contribution is 5.93. The van der Waals surface area contributed by atoms with Gasteiger partial charge in [-0.25, -0.2) is 9.97 Å². The van der Waals surface area contributed by atoms with Crippen LogP contribution in [0.4, 0.5) is 0 Å². The van der Waals surface area contributed by atoms with Gasteiger partial charge in [0.15, 0.2) is 5.82 Å². The second-order valence-electron chi connectivity index (χ2n) is 12.3. The fourth-order valence-electron chi connectivity index (χ4n) is 6.76. The Hall–Kier alpha value is -5.60. The van der Waals surface area contributed by atoms with Crippen LogP contribution in [0.5, 0.6) is 0 Å². The summed E-state index contributed by atoms with van der Waals surface area (Å²) in [6.07, 6.45) is 0. The van der Waals surface area contributed by atoms with Crippen molar-refractivity contribution >= 4 is 0 Å². The van der Waals surface area contributed by atoms with E-state index in [0.29, 0.717) is 0 Å². The summed E-state index contributed by atoms with van der Waals surface area (Å²) in [5.41, 5.74) is 15.3. The van der Waals surface area contributed by atoms with E-state index in [9.17, 15) is 0 Å². The van der Waals surface area contributed by atoms with Crippen LogP contribution in [-0.4, -0.2) is 9.97 Å². The third-order valence-corrected chi connectivity index (χ3v) is 9.12. The molecule has 7 aromatic rings. The highest BCUT2D eigenvalue weighted by Gasteiger charge is 2.36. The third kappa shape index (κ3) is 4.76. The Morgan fingerprint density at radius 2 is 0.889 bits per heavy atom. The topological polar surface area (TPSA) is 25.8 Å². The highest BCUT2D eigenvalue weighted by Crippen LogP contribution is 2.52. The molecule has 1 heterocycles. The lowest BCUT2D eigenvalue weighted by atomic mass is 9.82. The predicted molar refractivity (Wildman–Crippen MR) is 187 cm³/mol. The molecule has 0 amide bonds. The maximum atomic E-state index is 5.01. The fourth-order valence-corrected chi connectivity index (χ4v) is 6.76. The molecule has 0 radical (unpaired) electrons. The fraction of sp³-hybridized carbons (Fsp3) is 0.0698. The molecule has 2 nitrogen and oxygen atoms in total. The molecule has 6 aromatic carbocycles. The maximum absolute atomic E-state index is 5.01. The van der Waals surface area contributed by atoms with Crippen molar-refractivity contribution in [2.75, 3.05) is 0 Å². The average molecular weight is 577 g/mol. The molecule has 0 saturated heterocycles. The summed E-state index contributed by atoms with van der Waals surface area (Å²) in [6, 6.07) is 55.9. The molecule has 0 atom stereocenters. The van der Waals surface area contributed by atoms with E-state index in [2.05, 4.69) is 135 Å². The zero-order valence-electron chi connectivity index (χ0n) is 25.4. The number of hydrogen-bond donors (Lipinski definition) is 0. The van der Waals surface area contributed by atoms with Crippen molar-refractivity contribution in [2.45, 2.75) is 19.3 Å². The Kier molecular flexibility index (Phi) is 6.50. The van der Waals surface area contributed by atoms with Crippen LogP contribution in [0.2, 0.25) is 0 Å². The first-order valence-corrected chi connectivity index (χ1v) is 15.5. The minimum atomic E-state index is -0.0167. The number of aromatic nitrogens is 2. The van der Waals surface area contributed by atoms with E-state index in [4.69, 9.17) is 9.97 Å². The van der Waals surface area contributed by atoms with Gasteiger partial charge < -0.3 is 0 Å². The smallest absolute Gasteiger partial charge is 0.160 e. The lowest BCUT2D eigenvalue weighted by Crippen LogP contribution is -2.14. The zero-order valence-corrected chi connectivity index (χ0v) is 25.4. The van der Waals surface area contributed by atoms with Crippen molar-refractivity contribution in [2.24, 2.45) is 0 Å². The first kappa shape index (κ1) is 27.0. The van der Waals surface area contributed by atoms with Crippen molar-refractivity contribution in [3.8, 4) is 67.3 Å². The third-order valence-electron chi connectivity index (χ3n) is 9.12. The van der Waals surface area contributed by atoms with Crippen LogP contribution in [0.1, 0.15) is 25.0 Å². The summed E-state index contributed by atoms with van der Waals surface area (Å²) >= 11 is 0. The Labute approximate surface area is 264 Å². The molecule has 0 saturated carbocycles. The van der Waals surface area contributed by atoms with E-state index in [0.717, 1.165) is 33.9 Å². The number of benzene rings is 6. The van der Waals surface area contributed by atoms with Gasteiger partial charge in [-0.15, -0.1) is 0 Å². The van der Waals surface area contributed by atoms with E-state index in [-0.39, 0.29) is 5.41 Å². The van der Waals surface area contributed by atoms with Crippen molar-refractivity contribution in [3.05, 3.63) is 169 Å². The normalized spacial score (nSPS) is 12.8. The summed E-state index contributed by atoms with van der Waals surface area (Å²) in [6.45, 7) is 4.67. The van der Waals surface area contributed by atoms with Gasteiger partial charge in [0.1, 0.15) is 0 Å².